The molecule has 0 aliphatic heterocycles. The van der Waals surface area contributed by atoms with Crippen LogP contribution in [-0.2, 0) is 0 Å². The number of carbonyl (C=O) groups excluding carboxylic acids is 1. The van der Waals surface area contributed by atoms with Gasteiger partial charge in [0.1, 0.15) is 5.82 Å². The van der Waals surface area contributed by atoms with E-state index >= 15 is 0 Å². The van der Waals surface area contributed by atoms with Crippen molar-refractivity contribution in [2.75, 3.05) is 0 Å². The normalized spacial score (nSPS) is 10.7. The van der Waals surface area contributed by atoms with Gasteiger partial charge in [0.15, 0.2) is 0 Å². The minimum atomic E-state index is -0.624. The minimum Gasteiger partial charge on any atom is -0.347 e. The second kappa shape index (κ2) is 4.31. The smallest absolute Gasteiger partial charge is 0.254 e. The molecule has 0 aromatic heterocycles. The molecule has 0 unspecified atom stereocenters. The molecule has 0 spiro atoms. The first-order valence-corrected chi connectivity index (χ1v) is 4.85. The molecule has 0 fully saturated rings. The number of carbonyl (C=O) groups is 1. The van der Waals surface area contributed by atoms with Crippen LogP contribution in [0.15, 0.2) is 18.2 Å². The number of hydrogen-bond acceptors (Lipinski definition) is 2. The number of rotatable bonds is 1. The summed E-state index contributed by atoms with van der Waals surface area (Å²) in [5.74, 6) is -1.14. The van der Waals surface area contributed by atoms with Crippen molar-refractivity contribution in [3.05, 3.63) is 35.1 Å². The molecule has 84 valence electrons. The number of benzene rings is 1. The van der Waals surface area contributed by atoms with Gasteiger partial charge in [0.25, 0.3) is 5.91 Å². The number of nitrogens with one attached hydrogen (secondary N) is 1. The van der Waals surface area contributed by atoms with E-state index < -0.39 is 17.3 Å². The SMILES string of the molecule is CC(C)(C)NC(=O)c1cc(C#N)ccc1F. The van der Waals surface area contributed by atoms with Crippen LogP contribution in [0.5, 0.6) is 0 Å². The van der Waals surface area contributed by atoms with Gasteiger partial charge in [0, 0.05) is 5.54 Å². The fraction of sp³-hybridized carbons (Fsp3) is 0.333. The van der Waals surface area contributed by atoms with Crippen LogP contribution in [0.1, 0.15) is 36.7 Å². The average Bonchev–Trinajstić information content (AvgIpc) is 2.15. The second-order valence-corrected chi connectivity index (χ2v) is 4.51. The van der Waals surface area contributed by atoms with Gasteiger partial charge in [0.2, 0.25) is 0 Å². The quantitative estimate of drug-likeness (QED) is 0.789. The van der Waals surface area contributed by atoms with E-state index in [-0.39, 0.29) is 11.1 Å². The number of nitrogens with zero attached hydrogens (tertiary/aromatic N) is 1. The van der Waals surface area contributed by atoms with Crippen molar-refractivity contribution in [3.8, 4) is 6.07 Å². The summed E-state index contributed by atoms with van der Waals surface area (Å²) in [6, 6.07) is 5.57. The minimum absolute atomic E-state index is 0.103. The first-order valence-electron chi connectivity index (χ1n) is 4.85. The number of amides is 1. The van der Waals surface area contributed by atoms with Crippen molar-refractivity contribution in [3.63, 3.8) is 0 Å². The van der Waals surface area contributed by atoms with Gasteiger partial charge in [-0.3, -0.25) is 4.79 Å². The summed E-state index contributed by atoms with van der Waals surface area (Å²) < 4.78 is 13.4. The van der Waals surface area contributed by atoms with Crippen LogP contribution in [0, 0.1) is 17.1 Å². The van der Waals surface area contributed by atoms with E-state index in [4.69, 9.17) is 5.26 Å². The average molecular weight is 220 g/mol. The van der Waals surface area contributed by atoms with Crippen molar-refractivity contribution in [2.24, 2.45) is 0 Å². The van der Waals surface area contributed by atoms with Crippen LogP contribution in [-0.4, -0.2) is 11.4 Å². The van der Waals surface area contributed by atoms with E-state index in [1.54, 1.807) is 20.8 Å². The molecule has 1 rings (SSSR count). The highest BCUT2D eigenvalue weighted by Gasteiger charge is 2.18. The molecule has 1 amide bonds. The fourth-order valence-electron chi connectivity index (χ4n) is 1.18. The van der Waals surface area contributed by atoms with Gasteiger partial charge in [-0.1, -0.05) is 0 Å². The first kappa shape index (κ1) is 12.2. The van der Waals surface area contributed by atoms with Gasteiger partial charge < -0.3 is 5.32 Å². The van der Waals surface area contributed by atoms with Gasteiger partial charge in [-0.2, -0.15) is 5.26 Å². The third kappa shape index (κ3) is 3.06. The van der Waals surface area contributed by atoms with Gasteiger partial charge in [-0.15, -0.1) is 0 Å². The maximum Gasteiger partial charge on any atom is 0.254 e. The second-order valence-electron chi connectivity index (χ2n) is 4.51. The zero-order valence-corrected chi connectivity index (χ0v) is 9.47. The summed E-state index contributed by atoms with van der Waals surface area (Å²) in [6.07, 6.45) is 0. The molecule has 3 nitrogen and oxygen atoms in total. The standard InChI is InChI=1S/C12H13FN2O/c1-12(2,3)15-11(16)9-6-8(7-14)4-5-10(9)13/h4-6H,1-3H3,(H,15,16). The molecule has 1 N–H and O–H groups in total. The third-order valence-corrected chi connectivity index (χ3v) is 1.83. The predicted molar refractivity (Wildman–Crippen MR) is 58.3 cm³/mol. The molecule has 0 atom stereocenters. The van der Waals surface area contributed by atoms with Crippen LogP contribution >= 0.6 is 0 Å². The fourth-order valence-corrected chi connectivity index (χ4v) is 1.18. The maximum absolute atomic E-state index is 13.4. The largest absolute Gasteiger partial charge is 0.347 e. The molecule has 0 aliphatic carbocycles. The summed E-state index contributed by atoms with van der Waals surface area (Å²) in [4.78, 5) is 11.7. The summed E-state index contributed by atoms with van der Waals surface area (Å²) in [7, 11) is 0. The molecule has 0 saturated heterocycles. The Kier molecular flexibility index (Phi) is 3.28. The van der Waals surface area contributed by atoms with E-state index in [1.165, 1.54) is 12.1 Å². The Morgan fingerprint density at radius 2 is 2.06 bits per heavy atom. The highest BCUT2D eigenvalue weighted by Crippen LogP contribution is 2.11. The highest BCUT2D eigenvalue weighted by atomic mass is 19.1. The molecule has 0 saturated carbocycles. The topological polar surface area (TPSA) is 52.9 Å². The molecule has 1 aromatic rings. The van der Waals surface area contributed by atoms with Crippen molar-refractivity contribution in [1.29, 1.82) is 5.26 Å². The molecule has 0 bridgehead atoms. The summed E-state index contributed by atoms with van der Waals surface area (Å²) in [6.45, 7) is 5.41. The number of nitriles is 1. The van der Waals surface area contributed by atoms with E-state index in [2.05, 4.69) is 5.32 Å². The van der Waals surface area contributed by atoms with Crippen LogP contribution in [0.3, 0.4) is 0 Å². The zero-order chi connectivity index (χ0) is 12.3. The lowest BCUT2D eigenvalue weighted by molar-refractivity contribution is 0.0915. The highest BCUT2D eigenvalue weighted by molar-refractivity contribution is 5.95. The third-order valence-electron chi connectivity index (χ3n) is 1.83. The summed E-state index contributed by atoms with van der Waals surface area (Å²) in [5.41, 5.74) is -0.277. The molecule has 4 heteroatoms. The Morgan fingerprint density at radius 3 is 2.56 bits per heavy atom. The number of hydrogen-bond donors (Lipinski definition) is 1. The zero-order valence-electron chi connectivity index (χ0n) is 9.47. The van der Waals surface area contributed by atoms with E-state index in [9.17, 15) is 9.18 Å². The Hall–Kier alpha value is -1.89. The Bertz CT molecular complexity index is 455. The molecule has 16 heavy (non-hydrogen) atoms. The van der Waals surface area contributed by atoms with Gasteiger partial charge in [-0.25, -0.2) is 4.39 Å². The van der Waals surface area contributed by atoms with Crippen molar-refractivity contribution in [2.45, 2.75) is 26.3 Å². The Morgan fingerprint density at radius 1 is 1.44 bits per heavy atom. The summed E-state index contributed by atoms with van der Waals surface area (Å²) in [5, 5.41) is 11.3. The van der Waals surface area contributed by atoms with Crippen molar-refractivity contribution >= 4 is 5.91 Å². The molecule has 0 heterocycles. The van der Waals surface area contributed by atoms with E-state index in [1.807, 2.05) is 6.07 Å². The molecular weight excluding hydrogens is 207 g/mol. The predicted octanol–water partition coefficient (Wildman–Crippen LogP) is 2.23. The first-order chi connectivity index (χ1) is 7.33. The van der Waals surface area contributed by atoms with Crippen molar-refractivity contribution in [1.82, 2.24) is 5.32 Å². The molecule has 0 radical (unpaired) electrons. The lowest BCUT2D eigenvalue weighted by atomic mass is 10.1. The van der Waals surface area contributed by atoms with Crippen molar-refractivity contribution < 1.29 is 9.18 Å². The molecule has 1 aromatic carbocycles. The molecular formula is C12H13FN2O. The molecule has 0 aliphatic rings. The van der Waals surface area contributed by atoms with Crippen LogP contribution in [0.4, 0.5) is 4.39 Å². The lowest BCUT2D eigenvalue weighted by Crippen LogP contribution is -2.40. The van der Waals surface area contributed by atoms with Gasteiger partial charge in [0.05, 0.1) is 17.2 Å². The van der Waals surface area contributed by atoms with Crippen LogP contribution < -0.4 is 5.32 Å². The van der Waals surface area contributed by atoms with Gasteiger partial charge in [-0.05, 0) is 39.0 Å². The maximum atomic E-state index is 13.4. The number of halogens is 1. The van der Waals surface area contributed by atoms with Crippen LogP contribution in [0.2, 0.25) is 0 Å². The monoisotopic (exact) mass is 220 g/mol. The van der Waals surface area contributed by atoms with E-state index in [0.29, 0.717) is 0 Å². The Labute approximate surface area is 93.9 Å². The summed E-state index contributed by atoms with van der Waals surface area (Å²) >= 11 is 0. The van der Waals surface area contributed by atoms with E-state index in [0.717, 1.165) is 6.07 Å². The lowest BCUT2D eigenvalue weighted by Gasteiger charge is -2.20. The Balaban J connectivity index is 3.04. The van der Waals surface area contributed by atoms with Crippen LogP contribution in [0.25, 0.3) is 0 Å². The van der Waals surface area contributed by atoms with Gasteiger partial charge >= 0.3 is 0 Å².